The summed E-state index contributed by atoms with van der Waals surface area (Å²) >= 11 is 0. The Labute approximate surface area is 154 Å². The van der Waals surface area contributed by atoms with Crippen LogP contribution >= 0.6 is 0 Å². The molecule has 0 bridgehead atoms. The van der Waals surface area contributed by atoms with Crippen LogP contribution in [0.4, 0.5) is 0 Å². The first-order chi connectivity index (χ1) is 13.1. The molecule has 0 aliphatic carbocycles. The zero-order valence-corrected chi connectivity index (χ0v) is 14.9. The molecule has 0 saturated heterocycles. The number of methoxy groups -OCH3 is 1. The average molecular weight is 370 g/mol. The van der Waals surface area contributed by atoms with Gasteiger partial charge in [0, 0.05) is 24.9 Å². The molecule has 9 heteroatoms. The number of carbonyl (C=O) groups is 1. The molecule has 1 N–H and O–H groups in total. The minimum atomic E-state index is -0.302. The van der Waals surface area contributed by atoms with Gasteiger partial charge in [-0.3, -0.25) is 9.48 Å². The quantitative estimate of drug-likeness (QED) is 0.731. The van der Waals surface area contributed by atoms with E-state index in [1.807, 2.05) is 18.2 Å². The number of carbonyl (C=O) groups excluding carboxylic acids is 1. The van der Waals surface area contributed by atoms with E-state index in [0.717, 1.165) is 5.56 Å². The monoisotopic (exact) mass is 370 g/mol. The largest absolute Gasteiger partial charge is 0.486 e. The number of hydrogen-bond donors (Lipinski definition) is 1. The summed E-state index contributed by atoms with van der Waals surface area (Å²) in [4.78, 5) is 12.3. The van der Waals surface area contributed by atoms with Crippen LogP contribution in [0.2, 0.25) is 0 Å². The predicted molar refractivity (Wildman–Crippen MR) is 93.9 cm³/mol. The molecular formula is C18H18N4O5. The lowest BCUT2D eigenvalue weighted by Gasteiger charge is -2.18. The maximum Gasteiger partial charge on any atom is 0.258 e. The van der Waals surface area contributed by atoms with Crippen molar-refractivity contribution in [3.05, 3.63) is 41.7 Å². The summed E-state index contributed by atoms with van der Waals surface area (Å²) in [7, 11) is 3.19. The van der Waals surface area contributed by atoms with Crippen LogP contribution < -0.4 is 19.5 Å². The molecule has 3 aromatic rings. The van der Waals surface area contributed by atoms with Gasteiger partial charge in [-0.2, -0.15) is 0 Å². The zero-order valence-electron chi connectivity index (χ0n) is 14.9. The van der Waals surface area contributed by atoms with Gasteiger partial charge in [0.15, 0.2) is 17.3 Å². The number of ether oxygens (including phenoxy) is 3. The number of aromatic nitrogens is 3. The number of amides is 1. The molecule has 1 amide bonds. The highest BCUT2D eigenvalue weighted by Crippen LogP contribution is 2.34. The van der Waals surface area contributed by atoms with Crippen LogP contribution in [0.1, 0.15) is 16.1 Å². The Morgan fingerprint density at radius 2 is 2.07 bits per heavy atom. The van der Waals surface area contributed by atoms with Gasteiger partial charge in [-0.15, -0.1) is 5.10 Å². The van der Waals surface area contributed by atoms with Gasteiger partial charge in [0.1, 0.15) is 24.5 Å². The van der Waals surface area contributed by atoms with E-state index in [4.69, 9.17) is 18.7 Å². The van der Waals surface area contributed by atoms with Gasteiger partial charge in [0.25, 0.3) is 5.91 Å². The predicted octanol–water partition coefficient (Wildman–Crippen LogP) is 1.78. The van der Waals surface area contributed by atoms with Crippen LogP contribution in [0.25, 0.3) is 11.3 Å². The fourth-order valence-corrected chi connectivity index (χ4v) is 2.77. The third-order valence-corrected chi connectivity index (χ3v) is 4.05. The average Bonchev–Trinajstić information content (AvgIpc) is 3.32. The summed E-state index contributed by atoms with van der Waals surface area (Å²) in [6.07, 6.45) is 1.59. The number of rotatable bonds is 5. The van der Waals surface area contributed by atoms with Crippen LogP contribution in [0, 0.1) is 0 Å². The molecule has 0 fully saturated rings. The van der Waals surface area contributed by atoms with Crippen molar-refractivity contribution in [1.82, 2.24) is 20.3 Å². The molecule has 2 aromatic heterocycles. The van der Waals surface area contributed by atoms with Crippen LogP contribution in [-0.4, -0.2) is 41.2 Å². The van der Waals surface area contributed by atoms with Gasteiger partial charge >= 0.3 is 0 Å². The highest BCUT2D eigenvalue weighted by atomic mass is 16.6. The summed E-state index contributed by atoms with van der Waals surface area (Å²) in [6.45, 7) is 1.27. The second-order valence-corrected chi connectivity index (χ2v) is 5.95. The Morgan fingerprint density at radius 3 is 2.89 bits per heavy atom. The minimum Gasteiger partial charge on any atom is -0.486 e. The van der Waals surface area contributed by atoms with Crippen molar-refractivity contribution in [3.63, 3.8) is 0 Å². The molecule has 0 atom stereocenters. The second kappa shape index (κ2) is 7.02. The summed E-state index contributed by atoms with van der Waals surface area (Å²) in [5.74, 6) is 1.93. The first-order valence-corrected chi connectivity index (χ1v) is 8.35. The fraction of sp³-hybridized carbons (Fsp3) is 0.278. The maximum absolute atomic E-state index is 12.3. The van der Waals surface area contributed by atoms with Gasteiger partial charge < -0.3 is 24.1 Å². The number of hydrogen-bond acceptors (Lipinski definition) is 7. The lowest BCUT2D eigenvalue weighted by Crippen LogP contribution is -2.23. The Kier molecular flexibility index (Phi) is 4.41. The first kappa shape index (κ1) is 17.0. The number of benzene rings is 1. The Morgan fingerprint density at radius 1 is 1.26 bits per heavy atom. The molecule has 1 aromatic carbocycles. The normalized spacial score (nSPS) is 12.7. The summed E-state index contributed by atoms with van der Waals surface area (Å²) in [6, 6.07) is 7.32. The summed E-state index contributed by atoms with van der Waals surface area (Å²) < 4.78 is 23.1. The van der Waals surface area contributed by atoms with E-state index < -0.39 is 0 Å². The molecule has 3 heterocycles. The number of fused-ring (bicyclic) bond motifs is 1. The number of aryl methyl sites for hydroxylation is 1. The molecule has 27 heavy (non-hydrogen) atoms. The Bertz CT molecular complexity index is 978. The van der Waals surface area contributed by atoms with Crippen LogP contribution in [0.15, 0.2) is 35.0 Å². The lowest BCUT2D eigenvalue weighted by atomic mass is 10.1. The van der Waals surface area contributed by atoms with Crippen molar-refractivity contribution in [1.29, 1.82) is 0 Å². The lowest BCUT2D eigenvalue weighted by molar-refractivity contribution is 0.0947. The molecule has 4 rings (SSSR count). The van der Waals surface area contributed by atoms with Gasteiger partial charge in [0.2, 0.25) is 5.88 Å². The highest BCUT2D eigenvalue weighted by Gasteiger charge is 2.18. The van der Waals surface area contributed by atoms with Gasteiger partial charge in [0.05, 0.1) is 13.7 Å². The molecule has 0 unspecified atom stereocenters. The summed E-state index contributed by atoms with van der Waals surface area (Å²) in [5, 5.41) is 10.8. The van der Waals surface area contributed by atoms with E-state index in [0.29, 0.717) is 41.7 Å². The van der Waals surface area contributed by atoms with Crippen LogP contribution in [0.5, 0.6) is 17.4 Å². The molecule has 9 nitrogen and oxygen atoms in total. The topological polar surface area (TPSA) is 101 Å². The fourth-order valence-electron chi connectivity index (χ4n) is 2.77. The van der Waals surface area contributed by atoms with E-state index >= 15 is 0 Å². The third-order valence-electron chi connectivity index (χ3n) is 4.05. The van der Waals surface area contributed by atoms with E-state index in [1.54, 1.807) is 19.3 Å². The molecule has 140 valence electrons. The van der Waals surface area contributed by atoms with Crippen molar-refractivity contribution in [2.75, 3.05) is 20.3 Å². The highest BCUT2D eigenvalue weighted by molar-refractivity contribution is 5.96. The SMILES string of the molecule is COc1nn(C)cc1C(=O)NCc1cc(-c2ccc3c(c2)OCCO3)on1. The number of nitrogens with zero attached hydrogens (tertiary/aromatic N) is 3. The minimum absolute atomic E-state index is 0.213. The molecular weight excluding hydrogens is 352 g/mol. The van der Waals surface area contributed by atoms with E-state index in [9.17, 15) is 4.79 Å². The zero-order chi connectivity index (χ0) is 18.8. The Balaban J connectivity index is 1.44. The molecule has 0 saturated carbocycles. The first-order valence-electron chi connectivity index (χ1n) is 8.35. The van der Waals surface area contributed by atoms with Crippen molar-refractivity contribution in [2.45, 2.75) is 6.54 Å². The smallest absolute Gasteiger partial charge is 0.258 e. The van der Waals surface area contributed by atoms with Gasteiger partial charge in [-0.05, 0) is 18.2 Å². The molecule has 1 aliphatic heterocycles. The van der Waals surface area contributed by atoms with E-state index in [1.165, 1.54) is 11.8 Å². The Hall–Kier alpha value is -3.49. The van der Waals surface area contributed by atoms with Crippen molar-refractivity contribution < 1.29 is 23.5 Å². The van der Waals surface area contributed by atoms with Crippen LogP contribution in [-0.2, 0) is 13.6 Å². The van der Waals surface area contributed by atoms with Crippen molar-refractivity contribution in [3.8, 4) is 28.7 Å². The molecule has 0 radical (unpaired) electrons. The van der Waals surface area contributed by atoms with Gasteiger partial charge in [-0.25, -0.2) is 0 Å². The summed E-state index contributed by atoms with van der Waals surface area (Å²) in [5.41, 5.74) is 1.77. The van der Waals surface area contributed by atoms with Crippen molar-refractivity contribution in [2.24, 2.45) is 7.05 Å². The van der Waals surface area contributed by atoms with E-state index in [2.05, 4.69) is 15.6 Å². The standard InChI is InChI=1S/C18H18N4O5/c1-22-10-13(18(20-22)24-2)17(23)19-9-12-8-15(27-21-12)11-3-4-14-16(7-11)26-6-5-25-14/h3-4,7-8,10H,5-6,9H2,1-2H3,(H,19,23). The number of nitrogens with one attached hydrogen (secondary N) is 1. The van der Waals surface area contributed by atoms with Crippen molar-refractivity contribution >= 4 is 5.91 Å². The maximum atomic E-state index is 12.3. The van der Waals surface area contributed by atoms with Gasteiger partial charge in [-0.1, -0.05) is 5.16 Å². The molecule has 0 spiro atoms. The van der Waals surface area contributed by atoms with Crippen LogP contribution in [0.3, 0.4) is 0 Å². The third kappa shape index (κ3) is 3.43. The van der Waals surface area contributed by atoms with E-state index in [-0.39, 0.29) is 18.3 Å². The second-order valence-electron chi connectivity index (χ2n) is 5.95. The molecule has 1 aliphatic rings.